The molecule has 3 heterocycles. The van der Waals surface area contributed by atoms with E-state index in [-0.39, 0.29) is 0 Å². The zero-order valence-corrected chi connectivity index (χ0v) is 15.0. The highest BCUT2D eigenvalue weighted by molar-refractivity contribution is 5.50. The maximum atomic E-state index is 4.77. The van der Waals surface area contributed by atoms with Crippen LogP contribution in [0.2, 0.25) is 0 Å². The number of imidazole rings is 1. The molecular formula is C18H28N6. The van der Waals surface area contributed by atoms with Crippen LogP contribution in [0.4, 0.5) is 11.8 Å². The summed E-state index contributed by atoms with van der Waals surface area (Å²) in [6.45, 7) is 10.3. The first-order valence-corrected chi connectivity index (χ1v) is 9.03. The molecule has 0 atom stereocenters. The average Bonchev–Trinajstić information content (AvgIpc) is 3.26. The van der Waals surface area contributed by atoms with E-state index in [2.05, 4.69) is 51.7 Å². The maximum Gasteiger partial charge on any atom is 0.227 e. The van der Waals surface area contributed by atoms with Gasteiger partial charge in [-0.05, 0) is 33.1 Å². The number of aromatic nitrogens is 4. The van der Waals surface area contributed by atoms with Gasteiger partial charge in [0.25, 0.3) is 0 Å². The van der Waals surface area contributed by atoms with Gasteiger partial charge in [-0.2, -0.15) is 4.98 Å². The summed E-state index contributed by atoms with van der Waals surface area (Å²) in [6, 6.07) is 0. The molecule has 0 bridgehead atoms. The van der Waals surface area contributed by atoms with Crippen molar-refractivity contribution in [3.8, 4) is 0 Å². The van der Waals surface area contributed by atoms with Gasteiger partial charge in [0, 0.05) is 56.3 Å². The summed E-state index contributed by atoms with van der Waals surface area (Å²) in [6.07, 6.45) is 8.44. The largest absolute Gasteiger partial charge is 0.370 e. The Balaban J connectivity index is 1.60. The molecule has 6 nitrogen and oxygen atoms in total. The van der Waals surface area contributed by atoms with Crippen LogP contribution >= 0.6 is 0 Å². The highest BCUT2D eigenvalue weighted by atomic mass is 15.3. The molecule has 130 valence electrons. The molecule has 1 aliphatic heterocycles. The number of aryl methyl sites for hydroxylation is 3. The molecule has 1 N–H and O–H groups in total. The molecule has 2 aromatic rings. The van der Waals surface area contributed by atoms with Crippen molar-refractivity contribution in [3.63, 3.8) is 0 Å². The molecule has 1 saturated heterocycles. The summed E-state index contributed by atoms with van der Waals surface area (Å²) in [5.41, 5.74) is 2.21. The lowest BCUT2D eigenvalue weighted by Crippen LogP contribution is -2.22. The van der Waals surface area contributed by atoms with Crippen molar-refractivity contribution in [1.82, 2.24) is 19.5 Å². The summed E-state index contributed by atoms with van der Waals surface area (Å²) >= 11 is 0. The van der Waals surface area contributed by atoms with E-state index in [9.17, 15) is 0 Å². The van der Waals surface area contributed by atoms with Gasteiger partial charge in [0.05, 0.1) is 0 Å². The zero-order chi connectivity index (χ0) is 16.9. The van der Waals surface area contributed by atoms with E-state index in [1.54, 1.807) is 0 Å². The Bertz CT molecular complexity index is 672. The fourth-order valence-electron chi connectivity index (χ4n) is 3.16. The number of anilines is 2. The Morgan fingerprint density at radius 2 is 1.96 bits per heavy atom. The van der Waals surface area contributed by atoms with Crippen LogP contribution in [-0.2, 0) is 13.0 Å². The van der Waals surface area contributed by atoms with Gasteiger partial charge in [-0.3, -0.25) is 0 Å². The number of hydrogen-bond donors (Lipinski definition) is 1. The van der Waals surface area contributed by atoms with Crippen LogP contribution in [0, 0.1) is 13.8 Å². The van der Waals surface area contributed by atoms with E-state index in [4.69, 9.17) is 4.98 Å². The van der Waals surface area contributed by atoms with Gasteiger partial charge in [-0.25, -0.2) is 9.97 Å². The minimum Gasteiger partial charge on any atom is -0.370 e. The first-order chi connectivity index (χ1) is 11.7. The molecule has 0 aliphatic carbocycles. The van der Waals surface area contributed by atoms with Crippen LogP contribution in [0.15, 0.2) is 12.4 Å². The van der Waals surface area contributed by atoms with Crippen LogP contribution < -0.4 is 10.2 Å². The number of rotatable bonds is 7. The monoisotopic (exact) mass is 328 g/mol. The summed E-state index contributed by atoms with van der Waals surface area (Å²) in [7, 11) is 0. The maximum absolute atomic E-state index is 4.77. The van der Waals surface area contributed by atoms with Crippen LogP contribution in [0.3, 0.4) is 0 Å². The van der Waals surface area contributed by atoms with Gasteiger partial charge < -0.3 is 14.8 Å². The second-order valence-corrected chi connectivity index (χ2v) is 6.45. The van der Waals surface area contributed by atoms with Gasteiger partial charge in [-0.15, -0.1) is 0 Å². The molecule has 1 fully saturated rings. The van der Waals surface area contributed by atoms with Crippen molar-refractivity contribution >= 4 is 11.8 Å². The molecule has 0 spiro atoms. The SMILES string of the molecule is CCc1nccn1CCCNc1nc(N2CCCC2)nc(C)c1C. The number of nitrogens with one attached hydrogen (secondary N) is 1. The van der Waals surface area contributed by atoms with Crippen LogP contribution in [0.1, 0.15) is 43.3 Å². The van der Waals surface area contributed by atoms with Crippen molar-refractivity contribution in [2.75, 3.05) is 29.9 Å². The normalized spacial score (nSPS) is 14.4. The van der Waals surface area contributed by atoms with Crippen molar-refractivity contribution in [2.45, 2.75) is 53.0 Å². The highest BCUT2D eigenvalue weighted by Gasteiger charge is 2.17. The minimum absolute atomic E-state index is 0.876. The Kier molecular flexibility index (Phi) is 5.33. The molecule has 24 heavy (non-hydrogen) atoms. The molecular weight excluding hydrogens is 300 g/mol. The lowest BCUT2D eigenvalue weighted by molar-refractivity contribution is 0.628. The van der Waals surface area contributed by atoms with Crippen LogP contribution in [0.25, 0.3) is 0 Å². The first kappa shape index (κ1) is 16.7. The summed E-state index contributed by atoms with van der Waals surface area (Å²) in [4.78, 5) is 16.1. The molecule has 1 aliphatic rings. The van der Waals surface area contributed by atoms with Crippen LogP contribution in [-0.4, -0.2) is 39.2 Å². The molecule has 0 aromatic carbocycles. The highest BCUT2D eigenvalue weighted by Crippen LogP contribution is 2.22. The van der Waals surface area contributed by atoms with Gasteiger partial charge >= 0.3 is 0 Å². The Hall–Kier alpha value is -2.11. The Labute approximate surface area is 144 Å². The fraction of sp³-hybridized carbons (Fsp3) is 0.611. The lowest BCUT2D eigenvalue weighted by Gasteiger charge is -2.19. The van der Waals surface area contributed by atoms with Gasteiger partial charge in [-0.1, -0.05) is 6.92 Å². The van der Waals surface area contributed by atoms with Crippen molar-refractivity contribution in [1.29, 1.82) is 0 Å². The lowest BCUT2D eigenvalue weighted by atomic mass is 10.2. The molecule has 3 rings (SSSR count). The predicted molar refractivity (Wildman–Crippen MR) is 97.7 cm³/mol. The Morgan fingerprint density at radius 1 is 1.17 bits per heavy atom. The van der Waals surface area contributed by atoms with Crippen molar-refractivity contribution in [3.05, 3.63) is 29.5 Å². The molecule has 0 saturated carbocycles. The third-order valence-electron chi connectivity index (χ3n) is 4.75. The average molecular weight is 328 g/mol. The molecule has 2 aromatic heterocycles. The molecule has 6 heteroatoms. The molecule has 0 radical (unpaired) electrons. The molecule has 0 amide bonds. The van der Waals surface area contributed by atoms with E-state index in [1.807, 2.05) is 6.20 Å². The molecule has 0 unspecified atom stereocenters. The van der Waals surface area contributed by atoms with E-state index >= 15 is 0 Å². The van der Waals surface area contributed by atoms with Gasteiger partial charge in [0.1, 0.15) is 11.6 Å². The predicted octanol–water partition coefficient (Wildman–Crippen LogP) is 2.95. The van der Waals surface area contributed by atoms with Crippen molar-refractivity contribution < 1.29 is 0 Å². The van der Waals surface area contributed by atoms with E-state index in [0.717, 1.165) is 67.9 Å². The second kappa shape index (κ2) is 7.64. The first-order valence-electron chi connectivity index (χ1n) is 9.03. The fourth-order valence-corrected chi connectivity index (χ4v) is 3.16. The van der Waals surface area contributed by atoms with Crippen molar-refractivity contribution in [2.24, 2.45) is 0 Å². The minimum atomic E-state index is 0.876. The number of nitrogens with zero attached hydrogens (tertiary/aromatic N) is 5. The van der Waals surface area contributed by atoms with E-state index in [0.29, 0.717) is 0 Å². The Morgan fingerprint density at radius 3 is 2.71 bits per heavy atom. The second-order valence-electron chi connectivity index (χ2n) is 6.45. The van der Waals surface area contributed by atoms with E-state index < -0.39 is 0 Å². The number of hydrogen-bond acceptors (Lipinski definition) is 5. The zero-order valence-electron chi connectivity index (χ0n) is 15.0. The topological polar surface area (TPSA) is 58.9 Å². The smallest absolute Gasteiger partial charge is 0.227 e. The van der Waals surface area contributed by atoms with Gasteiger partial charge in [0.2, 0.25) is 5.95 Å². The third kappa shape index (κ3) is 3.68. The summed E-state index contributed by atoms with van der Waals surface area (Å²) < 4.78 is 2.23. The summed E-state index contributed by atoms with van der Waals surface area (Å²) in [5, 5.41) is 3.51. The quantitative estimate of drug-likeness (QED) is 0.792. The third-order valence-corrected chi connectivity index (χ3v) is 4.75. The van der Waals surface area contributed by atoms with Crippen LogP contribution in [0.5, 0.6) is 0 Å². The standard InChI is InChI=1S/C18H28N6/c1-4-16-19-9-13-23(16)12-7-8-20-17-14(2)15(3)21-18(22-17)24-10-5-6-11-24/h9,13H,4-8,10-12H2,1-3H3,(H,20,21,22). The van der Waals surface area contributed by atoms with Gasteiger partial charge in [0.15, 0.2) is 0 Å². The summed E-state index contributed by atoms with van der Waals surface area (Å²) in [5.74, 6) is 3.01. The van der Waals surface area contributed by atoms with E-state index in [1.165, 1.54) is 12.8 Å².